The number of hydrogen-bond acceptors (Lipinski definition) is 3. The third-order valence-corrected chi connectivity index (χ3v) is 4.54. The Bertz CT molecular complexity index is 653. The molecule has 0 fully saturated rings. The monoisotopic (exact) mass is 520 g/mol. The van der Waals surface area contributed by atoms with Crippen molar-refractivity contribution < 1.29 is 4.52 Å². The van der Waals surface area contributed by atoms with Crippen molar-refractivity contribution in [3.05, 3.63) is 51.8 Å². The third-order valence-electron chi connectivity index (χ3n) is 4.01. The number of hydrogen-bond donors (Lipinski definition) is 2. The summed E-state index contributed by atoms with van der Waals surface area (Å²) < 4.78 is 6.50. The number of guanidine groups is 1. The zero-order valence-electron chi connectivity index (χ0n) is 14.9. The van der Waals surface area contributed by atoms with Gasteiger partial charge in [-0.25, -0.2) is 0 Å². The fourth-order valence-electron chi connectivity index (χ4n) is 2.49. The molecule has 0 bridgehead atoms. The Labute approximate surface area is 175 Å². The largest absolute Gasteiger partial charge is 0.359 e. The van der Waals surface area contributed by atoms with Crippen molar-refractivity contribution in [3.8, 4) is 0 Å². The normalized spacial score (nSPS) is 11.3. The maximum Gasteiger partial charge on any atom is 0.191 e. The Morgan fingerprint density at radius 2 is 1.80 bits per heavy atom. The first-order chi connectivity index (χ1) is 11.7. The summed E-state index contributed by atoms with van der Waals surface area (Å²) in [6.07, 6.45) is 2.15. The first-order valence-corrected chi connectivity index (χ1v) is 9.10. The van der Waals surface area contributed by atoms with Crippen molar-refractivity contribution in [2.45, 2.75) is 45.7 Å². The van der Waals surface area contributed by atoms with Crippen molar-refractivity contribution >= 4 is 45.9 Å². The highest BCUT2D eigenvalue weighted by Crippen LogP contribution is 2.22. The zero-order chi connectivity index (χ0) is 17.4. The van der Waals surface area contributed by atoms with E-state index in [2.05, 4.69) is 62.7 Å². The Morgan fingerprint density at radius 3 is 2.40 bits per heavy atom. The van der Waals surface area contributed by atoms with Gasteiger partial charge in [0.15, 0.2) is 11.7 Å². The molecule has 0 atom stereocenters. The molecule has 0 aliphatic carbocycles. The average Bonchev–Trinajstić information content (AvgIpc) is 3.06. The maximum absolute atomic E-state index is 5.42. The third kappa shape index (κ3) is 6.97. The van der Waals surface area contributed by atoms with Crippen molar-refractivity contribution in [1.29, 1.82) is 0 Å². The van der Waals surface area contributed by atoms with Crippen LogP contribution in [0.2, 0.25) is 0 Å². The minimum absolute atomic E-state index is 0. The number of halogens is 2. The van der Waals surface area contributed by atoms with Gasteiger partial charge >= 0.3 is 0 Å². The van der Waals surface area contributed by atoms with Crippen LogP contribution >= 0.6 is 39.9 Å². The van der Waals surface area contributed by atoms with Gasteiger partial charge in [0.25, 0.3) is 0 Å². The topological polar surface area (TPSA) is 62.5 Å². The summed E-state index contributed by atoms with van der Waals surface area (Å²) in [5.41, 5.74) is 2.23. The lowest BCUT2D eigenvalue weighted by Gasteiger charge is -2.10. The highest BCUT2D eigenvalue weighted by Gasteiger charge is 2.13. The smallest absolute Gasteiger partial charge is 0.191 e. The Morgan fingerprint density at radius 1 is 1.16 bits per heavy atom. The summed E-state index contributed by atoms with van der Waals surface area (Å²) >= 11 is 3.44. The van der Waals surface area contributed by atoms with E-state index in [0.717, 1.165) is 34.7 Å². The Balaban J connectivity index is 0.00000312. The van der Waals surface area contributed by atoms with Crippen LogP contribution in [0.1, 0.15) is 49.6 Å². The molecule has 25 heavy (non-hydrogen) atoms. The molecule has 0 aliphatic rings. The maximum atomic E-state index is 5.42. The van der Waals surface area contributed by atoms with Gasteiger partial charge in [-0.05, 0) is 30.5 Å². The van der Waals surface area contributed by atoms with Gasteiger partial charge in [-0.3, -0.25) is 4.99 Å². The van der Waals surface area contributed by atoms with Crippen molar-refractivity contribution in [2.24, 2.45) is 4.99 Å². The van der Waals surface area contributed by atoms with Crippen molar-refractivity contribution in [2.75, 3.05) is 7.05 Å². The highest BCUT2D eigenvalue weighted by molar-refractivity contribution is 14.0. The second-order valence-electron chi connectivity index (χ2n) is 5.64. The van der Waals surface area contributed by atoms with Crippen molar-refractivity contribution in [1.82, 2.24) is 15.8 Å². The fourth-order valence-corrected chi connectivity index (χ4v) is 2.76. The standard InChI is InChI=1S/C18H25BrN4O.HI/c1-4-14(5-2)17-10-16(24-23-17)12-22-18(20-3)21-11-13-6-8-15(19)9-7-13;/h6-10,14H,4-5,11-12H2,1-3H3,(H2,20,21,22);1H. The second-order valence-corrected chi connectivity index (χ2v) is 6.55. The summed E-state index contributed by atoms with van der Waals surface area (Å²) in [7, 11) is 1.76. The predicted molar refractivity (Wildman–Crippen MR) is 116 cm³/mol. The van der Waals surface area contributed by atoms with Crippen LogP contribution in [0.15, 0.2) is 44.3 Å². The van der Waals surface area contributed by atoms with E-state index in [4.69, 9.17) is 4.52 Å². The summed E-state index contributed by atoms with van der Waals surface area (Å²) in [5.74, 6) is 2.03. The average molecular weight is 521 g/mol. The first-order valence-electron chi connectivity index (χ1n) is 8.30. The quantitative estimate of drug-likeness (QED) is 0.312. The molecule has 7 heteroatoms. The number of aromatic nitrogens is 1. The molecular formula is C18H26BrIN4O. The predicted octanol–water partition coefficient (Wildman–Crippen LogP) is 4.82. The van der Waals surface area contributed by atoms with Crippen LogP contribution < -0.4 is 10.6 Å². The molecular weight excluding hydrogens is 495 g/mol. The molecule has 2 aromatic rings. The van der Waals surface area contributed by atoms with Gasteiger partial charge in [-0.15, -0.1) is 24.0 Å². The molecule has 2 rings (SSSR count). The molecule has 1 heterocycles. The Hall–Kier alpha value is -1.09. The van der Waals surface area contributed by atoms with Gasteiger partial charge in [0.05, 0.1) is 12.2 Å². The SMILES string of the molecule is CCC(CC)c1cc(CNC(=NC)NCc2ccc(Br)cc2)on1.I. The lowest BCUT2D eigenvalue weighted by molar-refractivity contribution is 0.368. The van der Waals surface area contributed by atoms with Crippen LogP contribution in [0.25, 0.3) is 0 Å². The Kier molecular flexibility index (Phi) is 10.1. The number of nitrogens with one attached hydrogen (secondary N) is 2. The second kappa shape index (κ2) is 11.5. The highest BCUT2D eigenvalue weighted by atomic mass is 127. The molecule has 0 radical (unpaired) electrons. The van der Waals surface area contributed by atoms with Gasteiger partial charge in [-0.2, -0.15) is 0 Å². The van der Waals surface area contributed by atoms with E-state index in [1.54, 1.807) is 7.05 Å². The first kappa shape index (κ1) is 22.0. The minimum Gasteiger partial charge on any atom is -0.359 e. The number of rotatable bonds is 7. The van der Waals surface area contributed by atoms with Gasteiger partial charge in [0.2, 0.25) is 0 Å². The molecule has 0 aliphatic heterocycles. The minimum atomic E-state index is 0. The van der Waals surface area contributed by atoms with Gasteiger partial charge in [0, 0.05) is 30.0 Å². The van der Waals surface area contributed by atoms with Crippen LogP contribution in [0.4, 0.5) is 0 Å². The molecule has 1 aromatic carbocycles. The van der Waals surface area contributed by atoms with Crippen LogP contribution in [0.3, 0.4) is 0 Å². The van der Waals surface area contributed by atoms with E-state index in [1.807, 2.05) is 18.2 Å². The van der Waals surface area contributed by atoms with E-state index in [0.29, 0.717) is 19.0 Å². The lowest BCUT2D eigenvalue weighted by atomic mass is 9.99. The van der Waals surface area contributed by atoms with Gasteiger partial charge in [0.1, 0.15) is 0 Å². The van der Waals surface area contributed by atoms with E-state index in [-0.39, 0.29) is 24.0 Å². The lowest BCUT2D eigenvalue weighted by Crippen LogP contribution is -2.36. The molecule has 0 saturated carbocycles. The summed E-state index contributed by atoms with van der Waals surface area (Å²) in [6.45, 7) is 5.62. The van der Waals surface area contributed by atoms with Crippen LogP contribution in [-0.4, -0.2) is 18.2 Å². The molecule has 1 aromatic heterocycles. The molecule has 0 unspecified atom stereocenters. The summed E-state index contributed by atoms with van der Waals surface area (Å²) in [4.78, 5) is 4.23. The number of nitrogens with zero attached hydrogens (tertiary/aromatic N) is 2. The fraction of sp³-hybridized carbons (Fsp3) is 0.444. The van der Waals surface area contributed by atoms with Gasteiger partial charge < -0.3 is 15.2 Å². The molecule has 5 nitrogen and oxygen atoms in total. The summed E-state index contributed by atoms with van der Waals surface area (Å²) in [5, 5.41) is 10.7. The van der Waals surface area contributed by atoms with Crippen molar-refractivity contribution in [3.63, 3.8) is 0 Å². The van der Waals surface area contributed by atoms with E-state index >= 15 is 0 Å². The molecule has 0 saturated heterocycles. The molecule has 138 valence electrons. The number of benzene rings is 1. The zero-order valence-corrected chi connectivity index (χ0v) is 18.8. The molecule has 2 N–H and O–H groups in total. The van der Waals surface area contributed by atoms with E-state index in [1.165, 1.54) is 5.56 Å². The van der Waals surface area contributed by atoms with Crippen LogP contribution in [0, 0.1) is 0 Å². The molecule has 0 spiro atoms. The molecule has 0 amide bonds. The van der Waals surface area contributed by atoms with E-state index in [9.17, 15) is 0 Å². The van der Waals surface area contributed by atoms with Gasteiger partial charge in [-0.1, -0.05) is 47.1 Å². The summed E-state index contributed by atoms with van der Waals surface area (Å²) in [6, 6.07) is 10.2. The number of aliphatic imine (C=N–C) groups is 1. The van der Waals surface area contributed by atoms with Crippen LogP contribution in [0.5, 0.6) is 0 Å². The van der Waals surface area contributed by atoms with E-state index < -0.39 is 0 Å². The van der Waals surface area contributed by atoms with Crippen LogP contribution in [-0.2, 0) is 13.1 Å².